The number of aliphatic imine (C=N–C) groups is 1. The van der Waals surface area contributed by atoms with E-state index in [1.54, 1.807) is 17.4 Å². The SMILES string of the molecule is CC(C)(C)OC(=O)N1CCN(C(N)=NCc2cccc(Cn3ccnc3)c2)CC1.I. The molecule has 0 spiro atoms. The zero-order valence-electron chi connectivity index (χ0n) is 17.8. The van der Waals surface area contributed by atoms with E-state index >= 15 is 0 Å². The van der Waals surface area contributed by atoms with Gasteiger partial charge in [-0.2, -0.15) is 0 Å². The highest BCUT2D eigenvalue weighted by atomic mass is 127. The lowest BCUT2D eigenvalue weighted by atomic mass is 10.1. The Kier molecular flexibility index (Phi) is 8.51. The maximum Gasteiger partial charge on any atom is 0.410 e. The molecule has 1 aromatic heterocycles. The molecule has 164 valence electrons. The van der Waals surface area contributed by atoms with Gasteiger partial charge in [-0.05, 0) is 31.9 Å². The van der Waals surface area contributed by atoms with Gasteiger partial charge in [0.2, 0.25) is 0 Å². The van der Waals surface area contributed by atoms with E-state index in [2.05, 4.69) is 28.2 Å². The first-order chi connectivity index (χ1) is 13.8. The fourth-order valence-corrected chi connectivity index (χ4v) is 3.13. The smallest absolute Gasteiger partial charge is 0.410 e. The normalized spacial score (nSPS) is 15.0. The predicted molar refractivity (Wildman–Crippen MR) is 128 cm³/mol. The maximum absolute atomic E-state index is 12.2. The summed E-state index contributed by atoms with van der Waals surface area (Å²) in [6, 6.07) is 8.31. The van der Waals surface area contributed by atoms with Crippen LogP contribution in [0.15, 0.2) is 48.0 Å². The van der Waals surface area contributed by atoms with Crippen LogP contribution in [-0.4, -0.2) is 63.2 Å². The fraction of sp³-hybridized carbons (Fsp3) is 0.476. The highest BCUT2D eigenvalue weighted by molar-refractivity contribution is 14.0. The molecular weight excluding hydrogens is 495 g/mol. The van der Waals surface area contributed by atoms with Gasteiger partial charge in [-0.3, -0.25) is 0 Å². The molecule has 0 radical (unpaired) electrons. The number of nitrogens with zero attached hydrogens (tertiary/aromatic N) is 5. The second-order valence-electron chi connectivity index (χ2n) is 8.18. The average molecular weight is 526 g/mol. The van der Waals surface area contributed by atoms with Crippen molar-refractivity contribution in [2.24, 2.45) is 10.7 Å². The molecule has 0 atom stereocenters. The number of amides is 1. The molecule has 30 heavy (non-hydrogen) atoms. The van der Waals surface area contributed by atoms with Crippen molar-refractivity contribution in [2.45, 2.75) is 39.5 Å². The summed E-state index contributed by atoms with van der Waals surface area (Å²) in [4.78, 5) is 24.5. The van der Waals surface area contributed by atoms with Crippen molar-refractivity contribution < 1.29 is 9.53 Å². The average Bonchev–Trinajstić information content (AvgIpc) is 3.18. The van der Waals surface area contributed by atoms with E-state index in [9.17, 15) is 4.79 Å². The van der Waals surface area contributed by atoms with E-state index in [-0.39, 0.29) is 30.1 Å². The van der Waals surface area contributed by atoms with Crippen molar-refractivity contribution in [3.8, 4) is 0 Å². The highest BCUT2D eigenvalue weighted by Gasteiger charge is 2.26. The van der Waals surface area contributed by atoms with Gasteiger partial charge >= 0.3 is 6.09 Å². The second-order valence-corrected chi connectivity index (χ2v) is 8.18. The van der Waals surface area contributed by atoms with E-state index < -0.39 is 5.60 Å². The van der Waals surface area contributed by atoms with Crippen LogP contribution in [0.4, 0.5) is 4.79 Å². The molecule has 1 aliphatic rings. The van der Waals surface area contributed by atoms with Crippen LogP contribution in [0.1, 0.15) is 31.9 Å². The van der Waals surface area contributed by atoms with Gasteiger partial charge < -0.3 is 24.8 Å². The number of guanidine groups is 1. The predicted octanol–water partition coefficient (Wildman–Crippen LogP) is 2.92. The van der Waals surface area contributed by atoms with E-state index in [1.807, 2.05) is 42.5 Å². The molecule has 9 heteroatoms. The summed E-state index contributed by atoms with van der Waals surface area (Å²) in [7, 11) is 0. The summed E-state index contributed by atoms with van der Waals surface area (Å²) in [6.07, 6.45) is 5.25. The zero-order valence-corrected chi connectivity index (χ0v) is 20.2. The second kappa shape index (κ2) is 10.6. The highest BCUT2D eigenvalue weighted by Crippen LogP contribution is 2.12. The van der Waals surface area contributed by atoms with Gasteiger partial charge in [0.15, 0.2) is 5.96 Å². The number of aromatic nitrogens is 2. The van der Waals surface area contributed by atoms with Crippen molar-refractivity contribution in [1.29, 1.82) is 0 Å². The first kappa shape index (κ1) is 24.0. The number of piperazine rings is 1. The van der Waals surface area contributed by atoms with Gasteiger partial charge in [-0.1, -0.05) is 24.3 Å². The third-order valence-electron chi connectivity index (χ3n) is 4.59. The van der Waals surface area contributed by atoms with Gasteiger partial charge in [0.05, 0.1) is 12.9 Å². The maximum atomic E-state index is 12.2. The lowest BCUT2D eigenvalue weighted by Crippen LogP contribution is -2.53. The van der Waals surface area contributed by atoms with Crippen molar-refractivity contribution in [1.82, 2.24) is 19.4 Å². The molecule has 2 N–H and O–H groups in total. The first-order valence-electron chi connectivity index (χ1n) is 9.86. The quantitative estimate of drug-likeness (QED) is 0.376. The number of imidazole rings is 1. The number of carbonyl (C=O) groups excluding carboxylic acids is 1. The molecule has 2 aromatic rings. The Hall–Kier alpha value is -2.30. The number of carbonyl (C=O) groups is 1. The molecule has 0 aliphatic carbocycles. The Morgan fingerprint density at radius 3 is 2.47 bits per heavy atom. The molecule has 1 aliphatic heterocycles. The van der Waals surface area contributed by atoms with Crippen LogP contribution in [0, 0.1) is 0 Å². The van der Waals surface area contributed by atoms with E-state index in [4.69, 9.17) is 10.5 Å². The Balaban J connectivity index is 0.00000320. The topological polar surface area (TPSA) is 89.0 Å². The Labute approximate surface area is 195 Å². The number of benzene rings is 1. The lowest BCUT2D eigenvalue weighted by Gasteiger charge is -2.36. The Morgan fingerprint density at radius 2 is 1.83 bits per heavy atom. The van der Waals surface area contributed by atoms with Gasteiger partial charge in [0.1, 0.15) is 5.60 Å². The van der Waals surface area contributed by atoms with E-state index in [1.165, 1.54) is 5.56 Å². The van der Waals surface area contributed by atoms with Crippen molar-refractivity contribution in [3.05, 3.63) is 54.1 Å². The van der Waals surface area contributed by atoms with Crippen LogP contribution in [0.3, 0.4) is 0 Å². The number of ether oxygens (including phenoxy) is 1. The van der Waals surface area contributed by atoms with E-state index in [0.29, 0.717) is 38.7 Å². The number of rotatable bonds is 4. The third kappa shape index (κ3) is 7.19. The largest absolute Gasteiger partial charge is 0.444 e. The minimum absolute atomic E-state index is 0. The molecule has 1 amide bonds. The van der Waals surface area contributed by atoms with Crippen molar-refractivity contribution in [3.63, 3.8) is 0 Å². The zero-order chi connectivity index (χ0) is 20.9. The molecule has 8 nitrogen and oxygen atoms in total. The van der Waals surface area contributed by atoms with Gasteiger partial charge in [-0.15, -0.1) is 24.0 Å². The Morgan fingerprint density at radius 1 is 1.17 bits per heavy atom. The fourth-order valence-electron chi connectivity index (χ4n) is 3.13. The molecule has 0 unspecified atom stereocenters. The number of nitrogens with two attached hydrogens (primary N) is 1. The lowest BCUT2D eigenvalue weighted by molar-refractivity contribution is 0.0186. The number of halogens is 1. The molecule has 1 fully saturated rings. The molecule has 0 bridgehead atoms. The molecule has 3 rings (SSSR count). The van der Waals surface area contributed by atoms with Gasteiger partial charge in [-0.25, -0.2) is 14.8 Å². The van der Waals surface area contributed by atoms with Crippen LogP contribution in [-0.2, 0) is 17.8 Å². The summed E-state index contributed by atoms with van der Waals surface area (Å²) < 4.78 is 7.46. The van der Waals surface area contributed by atoms with E-state index in [0.717, 1.165) is 12.1 Å². The minimum Gasteiger partial charge on any atom is -0.444 e. The molecule has 1 saturated heterocycles. The van der Waals surface area contributed by atoms with Crippen LogP contribution in [0.25, 0.3) is 0 Å². The molecule has 0 saturated carbocycles. The monoisotopic (exact) mass is 526 g/mol. The summed E-state index contributed by atoms with van der Waals surface area (Å²) >= 11 is 0. The van der Waals surface area contributed by atoms with Crippen molar-refractivity contribution in [2.75, 3.05) is 26.2 Å². The summed E-state index contributed by atoms with van der Waals surface area (Å²) in [5.74, 6) is 0.508. The minimum atomic E-state index is -0.485. The number of hydrogen-bond donors (Lipinski definition) is 1. The Bertz CT molecular complexity index is 839. The number of hydrogen-bond acceptors (Lipinski definition) is 4. The molecule has 2 heterocycles. The van der Waals surface area contributed by atoms with Crippen LogP contribution in [0.2, 0.25) is 0 Å². The van der Waals surface area contributed by atoms with Crippen molar-refractivity contribution >= 4 is 36.0 Å². The molecular formula is C21H31IN6O2. The van der Waals surface area contributed by atoms with Gasteiger partial charge in [0, 0.05) is 45.1 Å². The van der Waals surface area contributed by atoms with Crippen LogP contribution in [0.5, 0.6) is 0 Å². The molecule has 1 aromatic carbocycles. The van der Waals surface area contributed by atoms with Crippen LogP contribution >= 0.6 is 24.0 Å². The third-order valence-corrected chi connectivity index (χ3v) is 4.59. The van der Waals surface area contributed by atoms with Crippen LogP contribution < -0.4 is 5.73 Å². The first-order valence-corrected chi connectivity index (χ1v) is 9.86. The summed E-state index contributed by atoms with van der Waals surface area (Å²) in [5, 5.41) is 0. The summed E-state index contributed by atoms with van der Waals surface area (Å²) in [6.45, 7) is 9.36. The van der Waals surface area contributed by atoms with Gasteiger partial charge in [0.25, 0.3) is 0 Å². The standard InChI is InChI=1S/C21H30N6O2.HI/c1-21(2,3)29-20(28)27-11-9-26(10-12-27)19(22)24-14-17-5-4-6-18(13-17)15-25-8-7-23-16-25;/h4-8,13,16H,9-12,14-15H2,1-3H3,(H2,22,24);1H. The summed E-state index contributed by atoms with van der Waals surface area (Å²) in [5.41, 5.74) is 8.02.